The standard InChI is InChI=1S/C24H48N6O13/c25-3-10-9(32)2-8(28)22(39-10)42-20-6(26)1-7(27)21(19(20)37)43-24-14(30)18(36)16(34)12(41-24)5-38-23-13(29)17(35)15(33)11(4-31)40-23/h6-24,31-37H,1-5,25-30H2/t6-,7+,8+,9-,10+,11+,12+,13+,14+,15+,16+,17+,18+,19-,20+,21-,22+,23+,24+/m0/s1. The van der Waals surface area contributed by atoms with Crippen LogP contribution in [0.15, 0.2) is 0 Å². The summed E-state index contributed by atoms with van der Waals surface area (Å²) in [4.78, 5) is 0. The molecule has 252 valence electrons. The molecule has 0 unspecified atom stereocenters. The Morgan fingerprint density at radius 3 is 1.67 bits per heavy atom. The number of aliphatic hydroxyl groups is 7. The minimum absolute atomic E-state index is 0.0168. The molecule has 0 spiro atoms. The molecule has 0 amide bonds. The monoisotopic (exact) mass is 628 g/mol. The molecule has 0 bridgehead atoms. The van der Waals surface area contributed by atoms with Gasteiger partial charge in [-0.1, -0.05) is 0 Å². The van der Waals surface area contributed by atoms with Crippen molar-refractivity contribution in [1.82, 2.24) is 0 Å². The first kappa shape index (κ1) is 35.1. The van der Waals surface area contributed by atoms with Gasteiger partial charge in [0.15, 0.2) is 18.9 Å². The molecule has 3 aliphatic heterocycles. The second-order valence-corrected chi connectivity index (χ2v) is 11.7. The predicted molar refractivity (Wildman–Crippen MR) is 143 cm³/mol. The van der Waals surface area contributed by atoms with Gasteiger partial charge in [-0.3, -0.25) is 0 Å². The Kier molecular flexibility index (Phi) is 12.1. The van der Waals surface area contributed by atoms with Crippen LogP contribution in [0, 0.1) is 0 Å². The van der Waals surface area contributed by atoms with E-state index in [9.17, 15) is 35.7 Å². The summed E-state index contributed by atoms with van der Waals surface area (Å²) in [5.74, 6) is 0. The van der Waals surface area contributed by atoms with Gasteiger partial charge in [0.25, 0.3) is 0 Å². The summed E-state index contributed by atoms with van der Waals surface area (Å²) in [5, 5.41) is 72.2. The van der Waals surface area contributed by atoms with Gasteiger partial charge in [-0.25, -0.2) is 0 Å². The summed E-state index contributed by atoms with van der Waals surface area (Å²) in [6.07, 6.45) is -17.2. The average Bonchev–Trinajstić information content (AvgIpc) is 2.97. The van der Waals surface area contributed by atoms with E-state index in [-0.39, 0.29) is 19.4 Å². The topological polar surface area (TPSA) is 353 Å². The van der Waals surface area contributed by atoms with Gasteiger partial charge in [-0.15, -0.1) is 0 Å². The molecule has 19 N–H and O–H groups in total. The Hall–Kier alpha value is -0.760. The van der Waals surface area contributed by atoms with Crippen molar-refractivity contribution in [3.63, 3.8) is 0 Å². The van der Waals surface area contributed by atoms with Crippen molar-refractivity contribution < 1.29 is 64.2 Å². The number of hydrogen-bond donors (Lipinski definition) is 13. The third-order valence-electron chi connectivity index (χ3n) is 8.58. The van der Waals surface area contributed by atoms with E-state index >= 15 is 0 Å². The summed E-state index contributed by atoms with van der Waals surface area (Å²) in [5.41, 5.74) is 36.3. The minimum Gasteiger partial charge on any atom is -0.394 e. The summed E-state index contributed by atoms with van der Waals surface area (Å²) in [6, 6.07) is -4.81. The van der Waals surface area contributed by atoms with Gasteiger partial charge in [-0.05, 0) is 12.8 Å². The van der Waals surface area contributed by atoms with E-state index in [4.69, 9.17) is 62.8 Å². The van der Waals surface area contributed by atoms with Gasteiger partial charge in [0.05, 0.1) is 43.5 Å². The molecule has 0 aromatic heterocycles. The molecule has 0 aromatic carbocycles. The highest BCUT2D eigenvalue weighted by molar-refractivity contribution is 5.01. The number of hydrogen-bond acceptors (Lipinski definition) is 19. The molecule has 43 heavy (non-hydrogen) atoms. The third-order valence-corrected chi connectivity index (χ3v) is 8.58. The van der Waals surface area contributed by atoms with E-state index in [1.165, 1.54) is 0 Å². The number of rotatable bonds is 9. The Morgan fingerprint density at radius 2 is 1.09 bits per heavy atom. The van der Waals surface area contributed by atoms with Crippen LogP contribution in [-0.2, 0) is 28.4 Å². The molecule has 0 radical (unpaired) electrons. The quantitative estimate of drug-likeness (QED) is 0.113. The van der Waals surface area contributed by atoms with Gasteiger partial charge in [0.1, 0.15) is 54.9 Å². The smallest absolute Gasteiger partial charge is 0.176 e. The fourth-order valence-electron chi connectivity index (χ4n) is 5.86. The van der Waals surface area contributed by atoms with Gasteiger partial charge < -0.3 is 98.6 Å². The minimum atomic E-state index is -1.56. The first-order valence-corrected chi connectivity index (χ1v) is 14.3. The zero-order chi connectivity index (χ0) is 31.7. The van der Waals surface area contributed by atoms with Gasteiger partial charge in [-0.2, -0.15) is 0 Å². The molecule has 0 aromatic rings. The molecule has 3 heterocycles. The first-order valence-electron chi connectivity index (χ1n) is 14.3. The molecule has 3 saturated heterocycles. The van der Waals surface area contributed by atoms with Crippen LogP contribution in [0.25, 0.3) is 0 Å². The maximum absolute atomic E-state index is 11.3. The fourth-order valence-corrected chi connectivity index (χ4v) is 5.86. The summed E-state index contributed by atoms with van der Waals surface area (Å²) < 4.78 is 34.4. The largest absolute Gasteiger partial charge is 0.394 e. The highest BCUT2D eigenvalue weighted by Gasteiger charge is 2.51. The van der Waals surface area contributed by atoms with Crippen molar-refractivity contribution in [2.24, 2.45) is 34.4 Å². The van der Waals surface area contributed by atoms with E-state index in [1.807, 2.05) is 0 Å². The molecular formula is C24H48N6O13. The van der Waals surface area contributed by atoms with Crippen molar-refractivity contribution in [2.75, 3.05) is 19.8 Å². The zero-order valence-electron chi connectivity index (χ0n) is 23.5. The van der Waals surface area contributed by atoms with E-state index in [1.54, 1.807) is 0 Å². The third kappa shape index (κ3) is 7.46. The molecule has 1 saturated carbocycles. The van der Waals surface area contributed by atoms with Crippen molar-refractivity contribution in [1.29, 1.82) is 0 Å². The highest BCUT2D eigenvalue weighted by Crippen LogP contribution is 2.31. The lowest BCUT2D eigenvalue weighted by atomic mass is 9.84. The molecule has 4 fully saturated rings. The predicted octanol–water partition coefficient (Wildman–Crippen LogP) is -8.51. The van der Waals surface area contributed by atoms with Gasteiger partial charge in [0, 0.05) is 18.6 Å². The van der Waals surface area contributed by atoms with Crippen LogP contribution < -0.4 is 34.4 Å². The fraction of sp³-hybridized carbons (Fsp3) is 1.00. The normalized spacial score (nSPS) is 53.1. The lowest BCUT2D eigenvalue weighted by molar-refractivity contribution is -0.319. The molecule has 4 rings (SSSR count). The van der Waals surface area contributed by atoms with Crippen molar-refractivity contribution >= 4 is 0 Å². The summed E-state index contributed by atoms with van der Waals surface area (Å²) in [6.45, 7) is -1.04. The van der Waals surface area contributed by atoms with E-state index < -0.39 is 129 Å². The second kappa shape index (κ2) is 14.8. The molecular weight excluding hydrogens is 580 g/mol. The molecule has 19 atom stereocenters. The van der Waals surface area contributed by atoms with Crippen LogP contribution in [0.1, 0.15) is 12.8 Å². The Balaban J connectivity index is 1.41. The average molecular weight is 629 g/mol. The van der Waals surface area contributed by atoms with Crippen LogP contribution in [0.4, 0.5) is 0 Å². The van der Waals surface area contributed by atoms with Crippen LogP contribution in [0.5, 0.6) is 0 Å². The molecule has 19 nitrogen and oxygen atoms in total. The SMILES string of the molecule is NC[C@H]1O[C@H](O[C@H]2[C@H](O)[C@@H](O[C@H]3O[C@H](CO[C@@H]4O[C@H](CO)[C@@H](O)[C@H](O)[C@H]4N)[C@@H](O)[C@H](O)[C@H]3N)[C@H](N)C[C@@H]2N)[C@H](N)C[C@@H]1O. The number of aliphatic hydroxyl groups excluding tert-OH is 7. The summed E-state index contributed by atoms with van der Waals surface area (Å²) in [7, 11) is 0. The van der Waals surface area contributed by atoms with Gasteiger partial charge in [0.2, 0.25) is 0 Å². The lowest BCUT2D eigenvalue weighted by Crippen LogP contribution is -2.68. The number of ether oxygens (including phenoxy) is 6. The van der Waals surface area contributed by atoms with Gasteiger partial charge >= 0.3 is 0 Å². The van der Waals surface area contributed by atoms with Crippen LogP contribution in [0.2, 0.25) is 0 Å². The van der Waals surface area contributed by atoms with Crippen LogP contribution in [-0.4, -0.2) is 172 Å². The van der Waals surface area contributed by atoms with E-state index in [2.05, 4.69) is 0 Å². The Labute approximate surface area is 247 Å². The molecule has 19 heteroatoms. The van der Waals surface area contributed by atoms with Crippen molar-refractivity contribution in [2.45, 2.75) is 129 Å². The second-order valence-electron chi connectivity index (χ2n) is 11.7. The highest BCUT2D eigenvalue weighted by atomic mass is 16.7. The van der Waals surface area contributed by atoms with E-state index in [0.717, 1.165) is 0 Å². The van der Waals surface area contributed by atoms with Crippen LogP contribution >= 0.6 is 0 Å². The maximum Gasteiger partial charge on any atom is 0.176 e. The lowest BCUT2D eigenvalue weighted by Gasteiger charge is -2.48. The zero-order valence-corrected chi connectivity index (χ0v) is 23.5. The van der Waals surface area contributed by atoms with Crippen molar-refractivity contribution in [3.8, 4) is 0 Å². The van der Waals surface area contributed by atoms with Crippen molar-refractivity contribution in [3.05, 3.63) is 0 Å². The molecule has 1 aliphatic carbocycles. The first-order chi connectivity index (χ1) is 20.3. The Bertz CT molecular complexity index is 886. The summed E-state index contributed by atoms with van der Waals surface area (Å²) >= 11 is 0. The van der Waals surface area contributed by atoms with E-state index in [0.29, 0.717) is 0 Å². The molecule has 4 aliphatic rings. The maximum atomic E-state index is 11.3. The Morgan fingerprint density at radius 1 is 0.581 bits per heavy atom. The number of nitrogens with two attached hydrogens (primary N) is 6. The van der Waals surface area contributed by atoms with Crippen LogP contribution in [0.3, 0.4) is 0 Å².